The van der Waals surface area contributed by atoms with Crippen molar-refractivity contribution < 1.29 is 5.11 Å². The molecule has 1 aromatic rings. The van der Waals surface area contributed by atoms with Crippen molar-refractivity contribution in [3.63, 3.8) is 0 Å². The first-order valence-electron chi connectivity index (χ1n) is 5.15. The van der Waals surface area contributed by atoms with E-state index in [1.807, 2.05) is 24.3 Å². The van der Waals surface area contributed by atoms with E-state index in [9.17, 15) is 5.11 Å². The van der Waals surface area contributed by atoms with Crippen LogP contribution in [0.5, 0.6) is 0 Å². The number of rotatable bonds is 5. The second-order valence-electron chi connectivity index (χ2n) is 3.59. The molecule has 0 fully saturated rings. The lowest BCUT2D eigenvalue weighted by Gasteiger charge is -2.10. The van der Waals surface area contributed by atoms with Gasteiger partial charge in [-0.2, -0.15) is 0 Å². The van der Waals surface area contributed by atoms with Crippen LogP contribution in [0, 0.1) is 0 Å². The maximum atomic E-state index is 9.70. The highest BCUT2D eigenvalue weighted by Crippen LogP contribution is 2.18. The fourth-order valence-electron chi connectivity index (χ4n) is 1.46. The van der Waals surface area contributed by atoms with Crippen LogP contribution in [0.15, 0.2) is 24.3 Å². The Morgan fingerprint density at radius 1 is 1.36 bits per heavy atom. The molecule has 0 saturated heterocycles. The second kappa shape index (κ2) is 6.05. The Kier molecular flexibility index (Phi) is 4.99. The van der Waals surface area contributed by atoms with Crippen LogP contribution in [0.25, 0.3) is 0 Å². The highest BCUT2D eigenvalue weighted by Gasteiger charge is 2.06. The fraction of sp³-hybridized carbons (Fsp3) is 0.500. The van der Waals surface area contributed by atoms with E-state index in [2.05, 4.69) is 6.92 Å². The van der Waals surface area contributed by atoms with Gasteiger partial charge in [-0.1, -0.05) is 49.6 Å². The first-order chi connectivity index (χ1) is 6.74. The number of benzene rings is 1. The van der Waals surface area contributed by atoms with Crippen LogP contribution in [0.2, 0.25) is 5.02 Å². The third-order valence-corrected chi connectivity index (χ3v) is 2.67. The van der Waals surface area contributed by atoms with Crippen molar-refractivity contribution in [1.82, 2.24) is 0 Å². The molecule has 1 aromatic carbocycles. The number of aliphatic hydroxyl groups is 1. The summed E-state index contributed by atoms with van der Waals surface area (Å²) in [5.41, 5.74) is 1.04. The van der Waals surface area contributed by atoms with Gasteiger partial charge < -0.3 is 5.11 Å². The summed E-state index contributed by atoms with van der Waals surface area (Å²) in [5.74, 6) is 0. The zero-order valence-electron chi connectivity index (χ0n) is 8.54. The molecule has 1 N–H and O–H groups in total. The summed E-state index contributed by atoms with van der Waals surface area (Å²) >= 11 is 5.99. The van der Waals surface area contributed by atoms with Gasteiger partial charge in [-0.3, -0.25) is 0 Å². The predicted molar refractivity (Wildman–Crippen MR) is 60.7 cm³/mol. The molecule has 0 bridgehead atoms. The Balaban J connectivity index is 2.47. The van der Waals surface area contributed by atoms with Gasteiger partial charge in [0.05, 0.1) is 6.10 Å². The summed E-state index contributed by atoms with van der Waals surface area (Å²) in [5, 5.41) is 10.5. The molecule has 0 amide bonds. The summed E-state index contributed by atoms with van der Waals surface area (Å²) in [4.78, 5) is 0. The Bertz CT molecular complexity index is 273. The second-order valence-corrected chi connectivity index (χ2v) is 4.00. The lowest BCUT2D eigenvalue weighted by molar-refractivity contribution is 0.162. The molecule has 0 radical (unpaired) electrons. The maximum Gasteiger partial charge on any atom is 0.0581 e. The molecule has 2 heteroatoms. The van der Waals surface area contributed by atoms with Crippen LogP contribution in [-0.2, 0) is 6.42 Å². The van der Waals surface area contributed by atoms with E-state index >= 15 is 0 Å². The summed E-state index contributed by atoms with van der Waals surface area (Å²) in [6.45, 7) is 2.13. The number of hydrogen-bond donors (Lipinski definition) is 1. The maximum absolute atomic E-state index is 9.70. The Morgan fingerprint density at radius 3 is 2.71 bits per heavy atom. The highest BCUT2D eigenvalue weighted by atomic mass is 35.5. The average molecular weight is 213 g/mol. The highest BCUT2D eigenvalue weighted by molar-refractivity contribution is 6.31. The van der Waals surface area contributed by atoms with E-state index in [-0.39, 0.29) is 6.10 Å². The van der Waals surface area contributed by atoms with Crippen molar-refractivity contribution in [2.24, 2.45) is 0 Å². The van der Waals surface area contributed by atoms with Gasteiger partial charge in [-0.05, 0) is 24.5 Å². The van der Waals surface area contributed by atoms with Gasteiger partial charge in [0.1, 0.15) is 0 Å². The molecule has 1 unspecified atom stereocenters. The lowest BCUT2D eigenvalue weighted by Crippen LogP contribution is -2.10. The summed E-state index contributed by atoms with van der Waals surface area (Å²) in [7, 11) is 0. The minimum Gasteiger partial charge on any atom is -0.393 e. The normalized spacial score (nSPS) is 12.8. The van der Waals surface area contributed by atoms with Crippen LogP contribution < -0.4 is 0 Å². The number of halogens is 1. The van der Waals surface area contributed by atoms with Gasteiger partial charge in [0.2, 0.25) is 0 Å². The SMILES string of the molecule is CCCCC(O)Cc1ccccc1Cl. The van der Waals surface area contributed by atoms with Crippen molar-refractivity contribution in [2.75, 3.05) is 0 Å². The Morgan fingerprint density at radius 2 is 2.07 bits per heavy atom. The van der Waals surface area contributed by atoms with Crippen molar-refractivity contribution >= 4 is 11.6 Å². The zero-order chi connectivity index (χ0) is 10.4. The number of unbranched alkanes of at least 4 members (excludes halogenated alkanes) is 1. The van der Waals surface area contributed by atoms with Crippen LogP contribution in [0.3, 0.4) is 0 Å². The molecular weight excluding hydrogens is 196 g/mol. The number of hydrogen-bond acceptors (Lipinski definition) is 1. The Hall–Kier alpha value is -0.530. The van der Waals surface area contributed by atoms with E-state index in [4.69, 9.17) is 11.6 Å². The van der Waals surface area contributed by atoms with Gasteiger partial charge in [0, 0.05) is 5.02 Å². The predicted octanol–water partition coefficient (Wildman–Crippen LogP) is 3.43. The number of aliphatic hydroxyl groups excluding tert-OH is 1. The molecule has 0 aromatic heterocycles. The van der Waals surface area contributed by atoms with Gasteiger partial charge in [0.15, 0.2) is 0 Å². The minimum atomic E-state index is -0.255. The van der Waals surface area contributed by atoms with Crippen molar-refractivity contribution in [3.05, 3.63) is 34.9 Å². The standard InChI is InChI=1S/C12H17ClO/c1-2-3-7-11(14)9-10-6-4-5-8-12(10)13/h4-6,8,11,14H,2-3,7,9H2,1H3. The van der Waals surface area contributed by atoms with Crippen LogP contribution >= 0.6 is 11.6 Å². The summed E-state index contributed by atoms with van der Waals surface area (Å²) < 4.78 is 0. The molecule has 0 spiro atoms. The molecule has 1 nitrogen and oxygen atoms in total. The topological polar surface area (TPSA) is 20.2 Å². The van der Waals surface area contributed by atoms with E-state index in [0.29, 0.717) is 6.42 Å². The van der Waals surface area contributed by atoms with Crippen LogP contribution in [0.4, 0.5) is 0 Å². The first kappa shape index (κ1) is 11.5. The van der Waals surface area contributed by atoms with Crippen molar-refractivity contribution in [1.29, 1.82) is 0 Å². The lowest BCUT2D eigenvalue weighted by atomic mass is 10.0. The molecule has 1 atom stereocenters. The quantitative estimate of drug-likeness (QED) is 0.793. The van der Waals surface area contributed by atoms with Gasteiger partial charge in [-0.15, -0.1) is 0 Å². The molecule has 78 valence electrons. The minimum absolute atomic E-state index is 0.255. The van der Waals surface area contributed by atoms with E-state index in [0.717, 1.165) is 29.8 Å². The largest absolute Gasteiger partial charge is 0.393 e. The molecule has 0 saturated carbocycles. The molecule has 0 heterocycles. The molecule has 0 aliphatic carbocycles. The van der Waals surface area contributed by atoms with Gasteiger partial charge in [0.25, 0.3) is 0 Å². The summed E-state index contributed by atoms with van der Waals surface area (Å²) in [6, 6.07) is 7.69. The van der Waals surface area contributed by atoms with E-state index in [1.165, 1.54) is 0 Å². The summed E-state index contributed by atoms with van der Waals surface area (Å²) in [6.07, 6.45) is 3.47. The monoisotopic (exact) mass is 212 g/mol. The average Bonchev–Trinajstić information content (AvgIpc) is 2.18. The van der Waals surface area contributed by atoms with Crippen LogP contribution in [0.1, 0.15) is 31.7 Å². The smallest absolute Gasteiger partial charge is 0.0581 e. The van der Waals surface area contributed by atoms with Crippen molar-refractivity contribution in [2.45, 2.75) is 38.7 Å². The third kappa shape index (κ3) is 3.69. The van der Waals surface area contributed by atoms with E-state index < -0.39 is 0 Å². The van der Waals surface area contributed by atoms with Crippen molar-refractivity contribution in [3.8, 4) is 0 Å². The van der Waals surface area contributed by atoms with Gasteiger partial charge in [-0.25, -0.2) is 0 Å². The molecule has 0 aliphatic rings. The van der Waals surface area contributed by atoms with Gasteiger partial charge >= 0.3 is 0 Å². The molecular formula is C12H17ClO. The van der Waals surface area contributed by atoms with Crippen LogP contribution in [-0.4, -0.2) is 11.2 Å². The zero-order valence-corrected chi connectivity index (χ0v) is 9.30. The Labute approximate surface area is 90.7 Å². The molecule has 14 heavy (non-hydrogen) atoms. The fourth-order valence-corrected chi connectivity index (χ4v) is 1.67. The van der Waals surface area contributed by atoms with E-state index in [1.54, 1.807) is 0 Å². The third-order valence-electron chi connectivity index (χ3n) is 2.30. The molecule has 1 rings (SSSR count). The first-order valence-corrected chi connectivity index (χ1v) is 5.53. The molecule has 0 aliphatic heterocycles.